The minimum Gasteiger partial charge on any atom is -0.387 e. The highest BCUT2D eigenvalue weighted by molar-refractivity contribution is 7.91. The summed E-state index contributed by atoms with van der Waals surface area (Å²) in [6.07, 6.45) is -0.652. The van der Waals surface area contributed by atoms with Crippen LogP contribution in [0.25, 0.3) is 0 Å². The summed E-state index contributed by atoms with van der Waals surface area (Å²) in [5.41, 5.74) is 0.831. The maximum atomic E-state index is 12.3. The maximum absolute atomic E-state index is 12.3. The number of rotatable bonds is 7. The Morgan fingerprint density at radius 2 is 1.52 bits per heavy atom. The number of aliphatic hydroxyl groups is 1. The zero-order valence-electron chi connectivity index (χ0n) is 13.5. The lowest BCUT2D eigenvalue weighted by molar-refractivity contribution is 0.0758. The van der Waals surface area contributed by atoms with Crippen LogP contribution in [0.15, 0.2) is 65.6 Å². The van der Waals surface area contributed by atoms with Crippen LogP contribution in [-0.4, -0.2) is 43.8 Å². The van der Waals surface area contributed by atoms with Crippen molar-refractivity contribution in [1.82, 2.24) is 4.90 Å². The van der Waals surface area contributed by atoms with Crippen molar-refractivity contribution in [1.29, 1.82) is 0 Å². The van der Waals surface area contributed by atoms with E-state index in [0.717, 1.165) is 5.56 Å². The third-order valence-corrected chi connectivity index (χ3v) is 5.82. The standard InChI is InChI=1S/C18H23NO3S/c1-15(18(20)16-9-5-3-6-10-16)19(2)13-14-23(21,22)17-11-7-4-8-12-17/h3-12,15,18,20H,13-14H2,1-2H3/t15-,18-/m0/s1. The Balaban J connectivity index is 1.98. The molecule has 0 unspecified atom stereocenters. The molecule has 0 aliphatic carbocycles. The Kier molecular flexibility index (Phi) is 5.93. The molecule has 0 aromatic heterocycles. The minimum absolute atomic E-state index is 0.0271. The van der Waals surface area contributed by atoms with Crippen LogP contribution in [0.4, 0.5) is 0 Å². The average Bonchev–Trinajstić information content (AvgIpc) is 2.60. The maximum Gasteiger partial charge on any atom is 0.179 e. The quantitative estimate of drug-likeness (QED) is 0.846. The van der Waals surface area contributed by atoms with E-state index < -0.39 is 15.9 Å². The van der Waals surface area contributed by atoms with E-state index in [1.165, 1.54) is 0 Å². The van der Waals surface area contributed by atoms with Gasteiger partial charge in [-0.25, -0.2) is 8.42 Å². The summed E-state index contributed by atoms with van der Waals surface area (Å²) < 4.78 is 24.6. The average molecular weight is 333 g/mol. The largest absolute Gasteiger partial charge is 0.387 e. The predicted molar refractivity (Wildman–Crippen MR) is 92.0 cm³/mol. The molecule has 0 aliphatic rings. The predicted octanol–water partition coefficient (Wildman–Crippen LogP) is 2.51. The molecule has 0 amide bonds. The number of likely N-dealkylation sites (N-methyl/N-ethyl adjacent to an activating group) is 1. The van der Waals surface area contributed by atoms with Crippen molar-refractivity contribution < 1.29 is 13.5 Å². The minimum atomic E-state index is -3.30. The van der Waals surface area contributed by atoms with E-state index in [4.69, 9.17) is 0 Å². The molecule has 23 heavy (non-hydrogen) atoms. The third kappa shape index (κ3) is 4.64. The topological polar surface area (TPSA) is 57.6 Å². The molecule has 4 nitrogen and oxygen atoms in total. The van der Waals surface area contributed by atoms with E-state index in [-0.39, 0.29) is 11.8 Å². The first-order valence-corrected chi connectivity index (χ1v) is 9.28. The zero-order valence-corrected chi connectivity index (χ0v) is 14.3. The van der Waals surface area contributed by atoms with Crippen molar-refractivity contribution in [2.75, 3.05) is 19.3 Å². The molecular weight excluding hydrogens is 310 g/mol. The second kappa shape index (κ2) is 7.73. The molecule has 124 valence electrons. The van der Waals surface area contributed by atoms with Crippen molar-refractivity contribution in [2.45, 2.75) is 24.0 Å². The Morgan fingerprint density at radius 1 is 1.00 bits per heavy atom. The van der Waals surface area contributed by atoms with Gasteiger partial charge in [-0.1, -0.05) is 48.5 Å². The van der Waals surface area contributed by atoms with Crippen LogP contribution in [0.2, 0.25) is 0 Å². The molecule has 2 atom stereocenters. The van der Waals surface area contributed by atoms with Gasteiger partial charge < -0.3 is 5.11 Å². The van der Waals surface area contributed by atoms with Crippen LogP contribution < -0.4 is 0 Å². The van der Waals surface area contributed by atoms with Crippen molar-refractivity contribution in [3.05, 3.63) is 66.2 Å². The fourth-order valence-electron chi connectivity index (χ4n) is 2.38. The van der Waals surface area contributed by atoms with Gasteiger partial charge in [-0.15, -0.1) is 0 Å². The van der Waals surface area contributed by atoms with Crippen LogP contribution in [0, 0.1) is 0 Å². The molecule has 0 fully saturated rings. The number of hydrogen-bond acceptors (Lipinski definition) is 4. The molecule has 0 aliphatic heterocycles. The van der Waals surface area contributed by atoms with Gasteiger partial charge in [0, 0.05) is 12.6 Å². The first kappa shape index (κ1) is 17.7. The van der Waals surface area contributed by atoms with Crippen molar-refractivity contribution >= 4 is 9.84 Å². The number of aliphatic hydroxyl groups excluding tert-OH is 1. The number of nitrogens with zero attached hydrogens (tertiary/aromatic N) is 1. The smallest absolute Gasteiger partial charge is 0.179 e. The normalized spacial score (nSPS) is 14.6. The summed E-state index contributed by atoms with van der Waals surface area (Å²) in [5, 5.41) is 10.4. The molecule has 1 N–H and O–H groups in total. The van der Waals surface area contributed by atoms with Gasteiger partial charge >= 0.3 is 0 Å². The molecule has 0 radical (unpaired) electrons. The van der Waals surface area contributed by atoms with Crippen LogP contribution >= 0.6 is 0 Å². The summed E-state index contributed by atoms with van der Waals surface area (Å²) in [6.45, 7) is 2.26. The lowest BCUT2D eigenvalue weighted by Gasteiger charge is -2.29. The Labute approximate surface area is 138 Å². The van der Waals surface area contributed by atoms with Crippen LogP contribution in [0.5, 0.6) is 0 Å². The van der Waals surface area contributed by atoms with Crippen molar-refractivity contribution in [3.63, 3.8) is 0 Å². The van der Waals surface area contributed by atoms with E-state index >= 15 is 0 Å². The van der Waals surface area contributed by atoms with Gasteiger partial charge in [-0.3, -0.25) is 4.90 Å². The molecule has 0 heterocycles. The third-order valence-electron chi connectivity index (χ3n) is 4.11. The zero-order chi connectivity index (χ0) is 16.9. The van der Waals surface area contributed by atoms with Crippen LogP contribution in [0.3, 0.4) is 0 Å². The molecule has 0 saturated carbocycles. The molecule has 0 spiro atoms. The second-order valence-corrected chi connectivity index (χ2v) is 7.82. The highest BCUT2D eigenvalue weighted by atomic mass is 32.2. The number of hydrogen-bond donors (Lipinski definition) is 1. The first-order chi connectivity index (χ1) is 10.9. The molecule has 2 rings (SSSR count). The molecular formula is C18H23NO3S. The first-order valence-electron chi connectivity index (χ1n) is 7.63. The van der Waals surface area contributed by atoms with E-state index in [0.29, 0.717) is 11.4 Å². The summed E-state index contributed by atoms with van der Waals surface area (Å²) in [6, 6.07) is 17.7. The van der Waals surface area contributed by atoms with E-state index in [9.17, 15) is 13.5 Å². The highest BCUT2D eigenvalue weighted by Gasteiger charge is 2.22. The van der Waals surface area contributed by atoms with Crippen LogP contribution in [-0.2, 0) is 9.84 Å². The fraction of sp³-hybridized carbons (Fsp3) is 0.333. The van der Waals surface area contributed by atoms with Crippen LogP contribution in [0.1, 0.15) is 18.6 Å². The van der Waals surface area contributed by atoms with Crippen molar-refractivity contribution in [3.8, 4) is 0 Å². The Hall–Kier alpha value is -1.69. The van der Waals surface area contributed by atoms with E-state index in [1.807, 2.05) is 49.2 Å². The lowest BCUT2D eigenvalue weighted by Crippen LogP contribution is -2.37. The summed E-state index contributed by atoms with van der Waals surface area (Å²) in [4.78, 5) is 2.21. The van der Waals surface area contributed by atoms with Gasteiger partial charge in [-0.05, 0) is 31.7 Å². The van der Waals surface area contributed by atoms with Gasteiger partial charge in [0.25, 0.3) is 0 Å². The molecule has 2 aromatic carbocycles. The SMILES string of the molecule is C[C@@H]([C@H](O)c1ccccc1)N(C)CCS(=O)(=O)c1ccccc1. The molecule has 2 aromatic rings. The lowest BCUT2D eigenvalue weighted by atomic mass is 10.0. The number of benzene rings is 2. The molecule has 0 bridgehead atoms. The molecule has 0 saturated heterocycles. The van der Waals surface area contributed by atoms with Gasteiger partial charge in [0.1, 0.15) is 0 Å². The Bertz CT molecular complexity index is 702. The second-order valence-electron chi connectivity index (χ2n) is 5.71. The monoisotopic (exact) mass is 333 g/mol. The summed E-state index contributed by atoms with van der Waals surface area (Å²) >= 11 is 0. The summed E-state index contributed by atoms with van der Waals surface area (Å²) in [5.74, 6) is 0.0271. The van der Waals surface area contributed by atoms with Gasteiger partial charge in [0.05, 0.1) is 16.8 Å². The Morgan fingerprint density at radius 3 is 2.09 bits per heavy atom. The highest BCUT2D eigenvalue weighted by Crippen LogP contribution is 2.20. The van der Waals surface area contributed by atoms with Gasteiger partial charge in [0.15, 0.2) is 9.84 Å². The number of sulfone groups is 1. The van der Waals surface area contributed by atoms with E-state index in [2.05, 4.69) is 0 Å². The fourth-order valence-corrected chi connectivity index (χ4v) is 3.72. The van der Waals surface area contributed by atoms with E-state index in [1.54, 1.807) is 30.3 Å². The van der Waals surface area contributed by atoms with Crippen molar-refractivity contribution in [2.24, 2.45) is 0 Å². The van der Waals surface area contributed by atoms with Gasteiger partial charge in [0.2, 0.25) is 0 Å². The molecule has 5 heteroatoms. The van der Waals surface area contributed by atoms with Gasteiger partial charge in [-0.2, -0.15) is 0 Å². The summed E-state index contributed by atoms with van der Waals surface area (Å²) in [7, 11) is -1.47.